The third kappa shape index (κ3) is 2.97. The molecule has 0 radical (unpaired) electrons. The Kier molecular flexibility index (Phi) is 4.83. The first-order chi connectivity index (χ1) is 13.3. The van der Waals surface area contributed by atoms with E-state index < -0.39 is 11.6 Å². The van der Waals surface area contributed by atoms with Gasteiger partial charge in [0.15, 0.2) is 5.11 Å². The van der Waals surface area contributed by atoms with E-state index in [1.807, 2.05) is 61.2 Å². The van der Waals surface area contributed by atoms with Crippen LogP contribution in [-0.4, -0.2) is 23.4 Å². The lowest BCUT2D eigenvalue weighted by Gasteiger charge is -2.55. The number of carbonyl (C=O) groups is 1. The molecule has 2 heterocycles. The molecule has 2 aliphatic rings. The minimum atomic E-state index is -1.02. The molecule has 1 saturated heterocycles. The van der Waals surface area contributed by atoms with Crippen molar-refractivity contribution in [2.24, 2.45) is 5.92 Å². The highest BCUT2D eigenvalue weighted by Gasteiger charge is 2.59. The van der Waals surface area contributed by atoms with Gasteiger partial charge in [-0.25, -0.2) is 0 Å². The van der Waals surface area contributed by atoms with E-state index in [0.29, 0.717) is 11.7 Å². The Morgan fingerprint density at radius 2 is 2.14 bits per heavy atom. The molecular formula is C21H21BrN2O3S. The summed E-state index contributed by atoms with van der Waals surface area (Å²) in [5.74, 6) is -0.182. The van der Waals surface area contributed by atoms with Crippen molar-refractivity contribution >= 4 is 44.9 Å². The van der Waals surface area contributed by atoms with Crippen molar-refractivity contribution in [1.29, 1.82) is 0 Å². The van der Waals surface area contributed by atoms with Gasteiger partial charge >= 0.3 is 5.97 Å². The maximum Gasteiger partial charge on any atom is 0.317 e. The van der Waals surface area contributed by atoms with Gasteiger partial charge in [-0.2, -0.15) is 0 Å². The number of esters is 1. The number of benzene rings is 2. The number of hydrogen-bond donors (Lipinski definition) is 1. The molecule has 0 saturated carbocycles. The Hall–Kier alpha value is -2.12. The first-order valence-corrected chi connectivity index (χ1v) is 10.4. The number of ether oxygens (including phenoxy) is 2. The van der Waals surface area contributed by atoms with Crippen LogP contribution in [0, 0.1) is 12.8 Å². The molecule has 1 N–H and O–H groups in total. The number of nitrogens with zero attached hydrogens (tertiary/aromatic N) is 1. The Labute approximate surface area is 178 Å². The second-order valence-electron chi connectivity index (χ2n) is 7.17. The quantitative estimate of drug-likeness (QED) is 0.538. The Morgan fingerprint density at radius 3 is 2.86 bits per heavy atom. The zero-order valence-corrected chi connectivity index (χ0v) is 18.3. The van der Waals surface area contributed by atoms with Crippen LogP contribution in [0.3, 0.4) is 0 Å². The van der Waals surface area contributed by atoms with Gasteiger partial charge in [0.05, 0.1) is 12.6 Å². The fourth-order valence-electron chi connectivity index (χ4n) is 4.10. The Bertz CT molecular complexity index is 966. The van der Waals surface area contributed by atoms with Gasteiger partial charge in [0.2, 0.25) is 5.72 Å². The van der Waals surface area contributed by atoms with Crippen LogP contribution in [-0.2, 0) is 9.53 Å². The van der Waals surface area contributed by atoms with Gasteiger partial charge in [-0.05, 0) is 68.9 Å². The molecule has 3 atom stereocenters. The summed E-state index contributed by atoms with van der Waals surface area (Å²) in [4.78, 5) is 14.9. The van der Waals surface area contributed by atoms with Crippen LogP contribution < -0.4 is 15.0 Å². The van der Waals surface area contributed by atoms with E-state index in [9.17, 15) is 4.79 Å². The number of anilines is 1. The molecule has 0 aromatic heterocycles. The van der Waals surface area contributed by atoms with Gasteiger partial charge in [0.1, 0.15) is 11.7 Å². The van der Waals surface area contributed by atoms with Crippen LogP contribution in [0.4, 0.5) is 5.69 Å². The highest BCUT2D eigenvalue weighted by Crippen LogP contribution is 2.50. The molecule has 2 aromatic carbocycles. The molecule has 2 bridgehead atoms. The molecule has 0 aliphatic carbocycles. The topological polar surface area (TPSA) is 50.8 Å². The van der Waals surface area contributed by atoms with E-state index >= 15 is 0 Å². The largest absolute Gasteiger partial charge is 0.466 e. The van der Waals surface area contributed by atoms with Gasteiger partial charge in [-0.3, -0.25) is 9.69 Å². The SMILES string of the molecule is CCOC(=O)C1C2NC(=S)N(c3cccc(C)c3)C1(C)Oc1ccc(Br)cc12. The summed E-state index contributed by atoms with van der Waals surface area (Å²) in [6, 6.07) is 13.5. The summed E-state index contributed by atoms with van der Waals surface area (Å²) in [7, 11) is 0. The highest BCUT2D eigenvalue weighted by molar-refractivity contribution is 9.10. The molecule has 7 heteroatoms. The monoisotopic (exact) mass is 460 g/mol. The molecular weight excluding hydrogens is 440 g/mol. The predicted molar refractivity (Wildman–Crippen MR) is 115 cm³/mol. The molecule has 4 rings (SSSR count). The maximum absolute atomic E-state index is 13.0. The van der Waals surface area contributed by atoms with E-state index in [2.05, 4.69) is 21.2 Å². The summed E-state index contributed by atoms with van der Waals surface area (Å²) >= 11 is 9.23. The number of fused-ring (bicyclic) bond motifs is 4. The average Bonchev–Trinajstić information content (AvgIpc) is 2.62. The van der Waals surface area contributed by atoms with Gasteiger partial charge in [0, 0.05) is 15.7 Å². The van der Waals surface area contributed by atoms with Crippen molar-refractivity contribution in [1.82, 2.24) is 5.32 Å². The fourth-order valence-corrected chi connectivity index (χ4v) is 4.90. The lowest BCUT2D eigenvalue weighted by molar-refractivity contribution is -0.159. The van der Waals surface area contributed by atoms with Crippen LogP contribution in [0.25, 0.3) is 0 Å². The van der Waals surface area contributed by atoms with Crippen LogP contribution in [0.1, 0.15) is 31.0 Å². The zero-order valence-electron chi connectivity index (χ0n) is 15.9. The van der Waals surface area contributed by atoms with Crippen molar-refractivity contribution in [2.45, 2.75) is 32.5 Å². The van der Waals surface area contributed by atoms with E-state index in [0.717, 1.165) is 27.0 Å². The summed E-state index contributed by atoms with van der Waals surface area (Å²) in [5, 5.41) is 3.89. The zero-order chi connectivity index (χ0) is 20.1. The lowest BCUT2D eigenvalue weighted by atomic mass is 9.79. The van der Waals surface area contributed by atoms with Crippen molar-refractivity contribution in [2.75, 3.05) is 11.5 Å². The minimum Gasteiger partial charge on any atom is -0.466 e. The number of aryl methyl sites for hydroxylation is 1. The molecule has 0 amide bonds. The second-order valence-corrected chi connectivity index (χ2v) is 8.47. The van der Waals surface area contributed by atoms with E-state index in [1.165, 1.54) is 0 Å². The van der Waals surface area contributed by atoms with Gasteiger partial charge in [0.25, 0.3) is 0 Å². The molecule has 5 nitrogen and oxygen atoms in total. The number of hydrogen-bond acceptors (Lipinski definition) is 4. The molecule has 28 heavy (non-hydrogen) atoms. The molecule has 146 valence electrons. The predicted octanol–water partition coefficient (Wildman–Crippen LogP) is 4.48. The van der Waals surface area contributed by atoms with E-state index in [1.54, 1.807) is 6.92 Å². The maximum atomic E-state index is 13.0. The molecule has 2 aromatic rings. The minimum absolute atomic E-state index is 0.304. The van der Waals surface area contributed by atoms with Crippen LogP contribution in [0.2, 0.25) is 0 Å². The summed E-state index contributed by atoms with van der Waals surface area (Å²) in [6.45, 7) is 6.04. The van der Waals surface area contributed by atoms with Gasteiger partial charge in [-0.15, -0.1) is 0 Å². The van der Waals surface area contributed by atoms with E-state index in [-0.39, 0.29) is 12.0 Å². The number of rotatable bonds is 3. The summed E-state index contributed by atoms with van der Waals surface area (Å²) < 4.78 is 12.8. The summed E-state index contributed by atoms with van der Waals surface area (Å²) in [6.07, 6.45) is 0. The molecule has 3 unspecified atom stereocenters. The van der Waals surface area contributed by atoms with Crippen LogP contribution >= 0.6 is 28.1 Å². The highest BCUT2D eigenvalue weighted by atomic mass is 79.9. The molecule has 2 aliphatic heterocycles. The molecule has 0 spiro atoms. The van der Waals surface area contributed by atoms with Crippen molar-refractivity contribution < 1.29 is 14.3 Å². The fraction of sp³-hybridized carbons (Fsp3) is 0.333. The third-order valence-electron chi connectivity index (χ3n) is 5.26. The van der Waals surface area contributed by atoms with Crippen LogP contribution in [0.15, 0.2) is 46.9 Å². The second kappa shape index (κ2) is 7.04. The number of nitrogens with one attached hydrogen (secondary N) is 1. The van der Waals surface area contributed by atoms with Crippen molar-refractivity contribution in [3.8, 4) is 5.75 Å². The van der Waals surface area contributed by atoms with Gasteiger partial charge in [-0.1, -0.05) is 28.1 Å². The number of halogens is 1. The first-order valence-electron chi connectivity index (χ1n) is 9.17. The standard InChI is InChI=1S/C21H21BrN2O3S/c1-4-26-19(25)17-18-15-11-13(22)8-9-16(15)27-21(17,3)24(20(28)23-18)14-7-5-6-12(2)10-14/h5-11,17-18H,4H2,1-3H3,(H,23,28). The summed E-state index contributed by atoms with van der Waals surface area (Å²) in [5.41, 5.74) is 1.83. The van der Waals surface area contributed by atoms with Crippen LogP contribution in [0.5, 0.6) is 5.75 Å². The van der Waals surface area contributed by atoms with Gasteiger partial charge < -0.3 is 14.8 Å². The number of thiocarbonyl (C=S) groups is 1. The van der Waals surface area contributed by atoms with Crippen molar-refractivity contribution in [3.63, 3.8) is 0 Å². The number of carbonyl (C=O) groups excluding carboxylic acids is 1. The lowest BCUT2D eigenvalue weighted by Crippen LogP contribution is -2.71. The third-order valence-corrected chi connectivity index (χ3v) is 6.05. The Morgan fingerprint density at radius 1 is 1.36 bits per heavy atom. The van der Waals surface area contributed by atoms with E-state index in [4.69, 9.17) is 21.7 Å². The average molecular weight is 461 g/mol. The molecule has 1 fully saturated rings. The smallest absolute Gasteiger partial charge is 0.317 e. The van der Waals surface area contributed by atoms with Crippen molar-refractivity contribution in [3.05, 3.63) is 58.1 Å². The Balaban J connectivity index is 1.90. The first kappa shape index (κ1) is 19.2. The normalized spacial score (nSPS) is 25.4.